The van der Waals surface area contributed by atoms with E-state index >= 15 is 0 Å². The second-order valence-corrected chi connectivity index (χ2v) is 8.85. The molecule has 5 nitrogen and oxygen atoms in total. The van der Waals surface area contributed by atoms with Crippen molar-refractivity contribution in [1.82, 2.24) is 5.32 Å². The normalized spacial score (nSPS) is 28.7. The molecule has 2 atom stereocenters. The number of hydrogen-bond acceptors (Lipinski definition) is 5. The molecule has 2 unspecified atom stereocenters. The average Bonchev–Trinajstić information content (AvgIpc) is 3.20. The quantitative estimate of drug-likeness (QED) is 0.596. The second kappa shape index (κ2) is 6.65. The van der Waals surface area contributed by atoms with Crippen LogP contribution in [0.15, 0.2) is 0 Å². The summed E-state index contributed by atoms with van der Waals surface area (Å²) in [6.45, 7) is 0. The monoisotopic (exact) mass is 317 g/mol. The van der Waals surface area contributed by atoms with Crippen molar-refractivity contribution in [2.45, 2.75) is 62.7 Å². The van der Waals surface area contributed by atoms with Crippen LogP contribution in [0.5, 0.6) is 0 Å². The predicted molar refractivity (Wildman–Crippen MR) is 81.8 cm³/mol. The Bertz CT molecular complexity index is 470. The number of carbonyl (C=O) groups excluding carboxylic acids is 1. The van der Waals surface area contributed by atoms with Gasteiger partial charge in [-0.15, -0.1) is 0 Å². The SMILES string of the molecule is CNC1CCCCCC1S(=O)(=O)CC1(CC(=O)OC)CC1. The summed E-state index contributed by atoms with van der Waals surface area (Å²) in [7, 11) is 0.0162. The number of nitrogens with one attached hydrogen (secondary N) is 1. The summed E-state index contributed by atoms with van der Waals surface area (Å²) < 4.78 is 30.4. The van der Waals surface area contributed by atoms with E-state index in [2.05, 4.69) is 5.32 Å². The van der Waals surface area contributed by atoms with E-state index in [0.29, 0.717) is 0 Å². The molecule has 2 saturated carbocycles. The molecule has 0 aromatic heterocycles. The lowest BCUT2D eigenvalue weighted by Gasteiger charge is -2.26. The van der Waals surface area contributed by atoms with Gasteiger partial charge < -0.3 is 10.1 Å². The van der Waals surface area contributed by atoms with Crippen molar-refractivity contribution in [3.8, 4) is 0 Å². The van der Waals surface area contributed by atoms with Gasteiger partial charge in [0.2, 0.25) is 0 Å². The minimum absolute atomic E-state index is 0.0476. The van der Waals surface area contributed by atoms with E-state index in [1.807, 2.05) is 7.05 Å². The maximum atomic E-state index is 12.8. The average molecular weight is 317 g/mol. The second-order valence-electron chi connectivity index (χ2n) is 6.63. The molecule has 1 N–H and O–H groups in total. The molecule has 2 fully saturated rings. The summed E-state index contributed by atoms with van der Waals surface area (Å²) in [4.78, 5) is 11.5. The van der Waals surface area contributed by atoms with Crippen LogP contribution in [0.4, 0.5) is 0 Å². The van der Waals surface area contributed by atoms with E-state index < -0.39 is 9.84 Å². The van der Waals surface area contributed by atoms with Crippen LogP contribution in [0.25, 0.3) is 0 Å². The van der Waals surface area contributed by atoms with Gasteiger partial charge in [0, 0.05) is 6.04 Å². The fourth-order valence-electron chi connectivity index (χ4n) is 3.49. The van der Waals surface area contributed by atoms with Crippen LogP contribution >= 0.6 is 0 Å². The van der Waals surface area contributed by atoms with Crippen LogP contribution in [0.1, 0.15) is 51.4 Å². The molecule has 21 heavy (non-hydrogen) atoms. The Labute approximate surface area is 127 Å². The maximum Gasteiger partial charge on any atom is 0.306 e. The number of hydrogen-bond donors (Lipinski definition) is 1. The van der Waals surface area contributed by atoms with Crippen LogP contribution in [-0.4, -0.2) is 45.6 Å². The number of rotatable bonds is 6. The molecule has 0 spiro atoms. The number of methoxy groups -OCH3 is 1. The summed E-state index contributed by atoms with van der Waals surface area (Å²) in [5.41, 5.74) is -0.351. The molecule has 0 aliphatic heterocycles. The van der Waals surface area contributed by atoms with Crippen molar-refractivity contribution >= 4 is 15.8 Å². The first-order valence-electron chi connectivity index (χ1n) is 7.88. The molecule has 0 saturated heterocycles. The Balaban J connectivity index is 2.08. The van der Waals surface area contributed by atoms with E-state index in [4.69, 9.17) is 4.74 Å². The van der Waals surface area contributed by atoms with Crippen molar-refractivity contribution in [3.63, 3.8) is 0 Å². The molecule has 0 bridgehead atoms. The van der Waals surface area contributed by atoms with Crippen molar-refractivity contribution in [2.75, 3.05) is 19.9 Å². The molecule has 2 rings (SSSR count). The third-order valence-electron chi connectivity index (χ3n) is 5.00. The largest absolute Gasteiger partial charge is 0.469 e. The molecular weight excluding hydrogens is 290 g/mol. The van der Waals surface area contributed by atoms with Gasteiger partial charge >= 0.3 is 5.97 Å². The summed E-state index contributed by atoms with van der Waals surface area (Å²) in [5, 5.41) is 2.88. The molecule has 0 radical (unpaired) electrons. The summed E-state index contributed by atoms with van der Waals surface area (Å²) >= 11 is 0. The van der Waals surface area contributed by atoms with Gasteiger partial charge in [-0.3, -0.25) is 4.79 Å². The third kappa shape index (κ3) is 4.19. The van der Waals surface area contributed by atoms with Crippen LogP contribution in [0.3, 0.4) is 0 Å². The smallest absolute Gasteiger partial charge is 0.306 e. The summed E-state index contributed by atoms with van der Waals surface area (Å²) in [6.07, 6.45) is 6.71. The van der Waals surface area contributed by atoms with Gasteiger partial charge in [-0.1, -0.05) is 19.3 Å². The highest BCUT2D eigenvalue weighted by atomic mass is 32.2. The van der Waals surface area contributed by atoms with Crippen molar-refractivity contribution in [1.29, 1.82) is 0 Å². The van der Waals surface area contributed by atoms with Crippen LogP contribution < -0.4 is 5.32 Å². The third-order valence-corrected chi connectivity index (χ3v) is 7.50. The van der Waals surface area contributed by atoms with Gasteiger partial charge in [-0.2, -0.15) is 0 Å². The lowest BCUT2D eigenvalue weighted by Crippen LogP contribution is -2.44. The topological polar surface area (TPSA) is 72.5 Å². The highest BCUT2D eigenvalue weighted by Gasteiger charge is 2.50. The Hall–Kier alpha value is -0.620. The lowest BCUT2D eigenvalue weighted by molar-refractivity contribution is -0.141. The number of sulfone groups is 1. The molecular formula is C15H27NO4S. The van der Waals surface area contributed by atoms with Gasteiger partial charge in [0.05, 0.1) is 24.5 Å². The zero-order valence-corrected chi connectivity index (χ0v) is 13.9. The molecule has 2 aliphatic carbocycles. The summed E-state index contributed by atoms with van der Waals surface area (Å²) in [6, 6.07) is 0.0476. The molecule has 0 aromatic carbocycles. The fourth-order valence-corrected chi connectivity index (χ4v) is 6.25. The number of carbonyl (C=O) groups is 1. The van der Waals surface area contributed by atoms with Crippen LogP contribution in [0.2, 0.25) is 0 Å². The van der Waals surface area contributed by atoms with E-state index in [0.717, 1.165) is 44.9 Å². The maximum absolute atomic E-state index is 12.8. The zero-order chi connectivity index (χ0) is 15.5. The number of esters is 1. The summed E-state index contributed by atoms with van der Waals surface area (Å²) in [5.74, 6) is -0.161. The standard InChI is InChI=1S/C15H27NO4S/c1-16-12-6-4-3-5-7-13(12)21(18,19)11-15(8-9-15)10-14(17)20-2/h12-13,16H,3-11H2,1-2H3. The predicted octanol–water partition coefficient (Wildman–Crippen LogP) is 1.67. The first-order chi connectivity index (χ1) is 9.92. The zero-order valence-electron chi connectivity index (χ0n) is 13.1. The Morgan fingerprint density at radius 3 is 2.48 bits per heavy atom. The highest BCUT2D eigenvalue weighted by Crippen LogP contribution is 2.50. The van der Waals surface area contributed by atoms with Crippen LogP contribution in [0, 0.1) is 5.41 Å². The van der Waals surface area contributed by atoms with E-state index in [9.17, 15) is 13.2 Å². The molecule has 122 valence electrons. The Morgan fingerprint density at radius 2 is 1.90 bits per heavy atom. The first-order valence-corrected chi connectivity index (χ1v) is 9.60. The molecule has 0 heterocycles. The van der Waals surface area contributed by atoms with Gasteiger partial charge in [-0.25, -0.2) is 8.42 Å². The lowest BCUT2D eigenvalue weighted by atomic mass is 10.1. The van der Waals surface area contributed by atoms with Gasteiger partial charge in [0.25, 0.3) is 0 Å². The van der Waals surface area contributed by atoms with E-state index in [1.165, 1.54) is 7.11 Å². The van der Waals surface area contributed by atoms with Crippen molar-refractivity contribution < 1.29 is 17.9 Å². The van der Waals surface area contributed by atoms with Crippen molar-refractivity contribution in [2.24, 2.45) is 5.41 Å². The van der Waals surface area contributed by atoms with E-state index in [-0.39, 0.29) is 34.8 Å². The minimum atomic E-state index is -3.19. The van der Waals surface area contributed by atoms with Gasteiger partial charge in [0.15, 0.2) is 9.84 Å². The fraction of sp³-hybridized carbons (Fsp3) is 0.933. The Kier molecular flexibility index (Phi) is 5.30. The molecule has 6 heteroatoms. The van der Waals surface area contributed by atoms with Gasteiger partial charge in [-0.05, 0) is 38.1 Å². The van der Waals surface area contributed by atoms with E-state index in [1.54, 1.807) is 0 Å². The van der Waals surface area contributed by atoms with Crippen molar-refractivity contribution in [3.05, 3.63) is 0 Å². The molecule has 0 aromatic rings. The van der Waals surface area contributed by atoms with Gasteiger partial charge in [0.1, 0.15) is 0 Å². The number of ether oxygens (including phenoxy) is 1. The molecule has 2 aliphatic rings. The minimum Gasteiger partial charge on any atom is -0.469 e. The molecule has 0 amide bonds. The van der Waals surface area contributed by atoms with Crippen LogP contribution in [-0.2, 0) is 19.4 Å². The first kappa shape index (κ1) is 16.7. The Morgan fingerprint density at radius 1 is 1.24 bits per heavy atom. The highest BCUT2D eigenvalue weighted by molar-refractivity contribution is 7.92.